The molecule has 0 aliphatic heterocycles. The van der Waals surface area contributed by atoms with E-state index in [-0.39, 0.29) is 6.42 Å². The van der Waals surface area contributed by atoms with Gasteiger partial charge in [0.1, 0.15) is 0 Å². The lowest BCUT2D eigenvalue weighted by Crippen LogP contribution is -2.36. The second-order valence-corrected chi connectivity index (χ2v) is 7.21. The Morgan fingerprint density at radius 3 is 2.28 bits per heavy atom. The standard InChI is InChI=1S/C12H25NO4S/c1-3-4-7-10(2)18(16,17)11(12(14)15)8-5-6-9-13/h10-11H,3-9,13H2,1-2H3,(H,14,15). The monoisotopic (exact) mass is 279 g/mol. The highest BCUT2D eigenvalue weighted by Gasteiger charge is 2.35. The largest absolute Gasteiger partial charge is 0.480 e. The van der Waals surface area contributed by atoms with Gasteiger partial charge in [0.25, 0.3) is 0 Å². The lowest BCUT2D eigenvalue weighted by atomic mass is 10.2. The Morgan fingerprint density at radius 2 is 1.83 bits per heavy atom. The normalized spacial score (nSPS) is 15.3. The van der Waals surface area contributed by atoms with Crippen LogP contribution in [0.4, 0.5) is 0 Å². The van der Waals surface area contributed by atoms with Gasteiger partial charge in [0.2, 0.25) is 0 Å². The van der Waals surface area contributed by atoms with E-state index < -0.39 is 26.3 Å². The number of carboxylic acid groups (broad SMARTS) is 1. The van der Waals surface area contributed by atoms with Crippen LogP contribution in [0.2, 0.25) is 0 Å². The van der Waals surface area contributed by atoms with Crippen LogP contribution in [0.25, 0.3) is 0 Å². The Hall–Kier alpha value is -0.620. The number of carboxylic acids is 1. The number of sulfone groups is 1. The van der Waals surface area contributed by atoms with Crippen molar-refractivity contribution in [1.82, 2.24) is 0 Å². The second-order valence-electron chi connectivity index (χ2n) is 4.65. The smallest absolute Gasteiger partial charge is 0.321 e. The van der Waals surface area contributed by atoms with Gasteiger partial charge in [-0.2, -0.15) is 0 Å². The molecule has 0 amide bonds. The fourth-order valence-corrected chi connectivity index (χ4v) is 3.67. The van der Waals surface area contributed by atoms with Crippen molar-refractivity contribution in [3.8, 4) is 0 Å². The summed E-state index contributed by atoms with van der Waals surface area (Å²) in [7, 11) is -3.59. The highest BCUT2D eigenvalue weighted by molar-refractivity contribution is 7.93. The minimum absolute atomic E-state index is 0.158. The van der Waals surface area contributed by atoms with Gasteiger partial charge in [-0.1, -0.05) is 26.2 Å². The van der Waals surface area contributed by atoms with Gasteiger partial charge >= 0.3 is 5.97 Å². The molecule has 0 rings (SSSR count). The van der Waals surface area contributed by atoms with Crippen molar-refractivity contribution < 1.29 is 18.3 Å². The number of unbranched alkanes of at least 4 members (excludes halogenated alkanes) is 2. The summed E-state index contributed by atoms with van der Waals surface area (Å²) in [4.78, 5) is 11.1. The quantitative estimate of drug-likeness (QED) is 0.591. The van der Waals surface area contributed by atoms with E-state index in [0.717, 1.165) is 12.8 Å². The van der Waals surface area contributed by atoms with Crippen LogP contribution in [0.1, 0.15) is 52.4 Å². The van der Waals surface area contributed by atoms with E-state index in [4.69, 9.17) is 10.8 Å². The summed E-state index contributed by atoms with van der Waals surface area (Å²) < 4.78 is 24.3. The first-order valence-electron chi connectivity index (χ1n) is 6.53. The van der Waals surface area contributed by atoms with Gasteiger partial charge in [-0.3, -0.25) is 4.79 Å². The van der Waals surface area contributed by atoms with E-state index in [0.29, 0.717) is 25.8 Å². The SMILES string of the molecule is CCCCC(C)S(=O)(=O)C(CCCCN)C(=O)O. The summed E-state index contributed by atoms with van der Waals surface area (Å²) in [5.41, 5.74) is 5.33. The number of hydrogen-bond acceptors (Lipinski definition) is 4. The summed E-state index contributed by atoms with van der Waals surface area (Å²) in [6.45, 7) is 4.04. The molecular formula is C12H25NO4S. The highest BCUT2D eigenvalue weighted by Crippen LogP contribution is 2.19. The third-order valence-corrected chi connectivity index (χ3v) is 5.71. The van der Waals surface area contributed by atoms with Crippen molar-refractivity contribution in [3.05, 3.63) is 0 Å². The van der Waals surface area contributed by atoms with Gasteiger partial charge in [0, 0.05) is 0 Å². The molecule has 0 aromatic carbocycles. The lowest BCUT2D eigenvalue weighted by molar-refractivity contribution is -0.136. The minimum atomic E-state index is -3.59. The molecule has 0 aliphatic carbocycles. The molecule has 108 valence electrons. The number of carbonyl (C=O) groups is 1. The average molecular weight is 279 g/mol. The van der Waals surface area contributed by atoms with Crippen molar-refractivity contribution in [2.75, 3.05) is 6.54 Å². The number of aliphatic carboxylic acids is 1. The molecule has 18 heavy (non-hydrogen) atoms. The number of rotatable bonds is 10. The minimum Gasteiger partial charge on any atom is -0.480 e. The first-order chi connectivity index (χ1) is 8.37. The first-order valence-corrected chi connectivity index (χ1v) is 8.14. The maximum absolute atomic E-state index is 12.2. The molecule has 0 spiro atoms. The van der Waals surface area contributed by atoms with E-state index in [2.05, 4.69) is 0 Å². The zero-order valence-corrected chi connectivity index (χ0v) is 12.1. The fraction of sp³-hybridized carbons (Fsp3) is 0.917. The Balaban J connectivity index is 4.70. The molecule has 0 aromatic heterocycles. The average Bonchev–Trinajstić information content (AvgIpc) is 2.30. The van der Waals surface area contributed by atoms with Crippen molar-refractivity contribution in [3.63, 3.8) is 0 Å². The predicted octanol–water partition coefficient (Wildman–Crippen LogP) is 1.56. The second kappa shape index (κ2) is 8.48. The summed E-state index contributed by atoms with van der Waals surface area (Å²) in [5.74, 6) is -1.24. The lowest BCUT2D eigenvalue weighted by Gasteiger charge is -2.18. The van der Waals surface area contributed by atoms with Gasteiger partial charge in [-0.25, -0.2) is 8.42 Å². The van der Waals surface area contributed by atoms with Crippen LogP contribution < -0.4 is 5.73 Å². The first kappa shape index (κ1) is 17.4. The molecule has 0 bridgehead atoms. The van der Waals surface area contributed by atoms with Crippen molar-refractivity contribution in [1.29, 1.82) is 0 Å². The topological polar surface area (TPSA) is 97.5 Å². The maximum atomic E-state index is 12.2. The Bertz CT molecular complexity index is 340. The summed E-state index contributed by atoms with van der Waals surface area (Å²) in [6.07, 6.45) is 3.58. The molecule has 0 saturated carbocycles. The van der Waals surface area contributed by atoms with Gasteiger partial charge in [0.15, 0.2) is 15.1 Å². The van der Waals surface area contributed by atoms with Gasteiger partial charge in [-0.05, 0) is 32.7 Å². The van der Waals surface area contributed by atoms with Crippen LogP contribution in [0.15, 0.2) is 0 Å². The molecule has 2 atom stereocenters. The van der Waals surface area contributed by atoms with Crippen LogP contribution in [0.5, 0.6) is 0 Å². The Morgan fingerprint density at radius 1 is 1.22 bits per heavy atom. The summed E-state index contributed by atoms with van der Waals surface area (Å²) in [6, 6.07) is 0. The van der Waals surface area contributed by atoms with E-state index in [1.54, 1.807) is 6.92 Å². The van der Waals surface area contributed by atoms with Crippen LogP contribution in [-0.4, -0.2) is 36.5 Å². The molecule has 0 fully saturated rings. The van der Waals surface area contributed by atoms with Gasteiger partial charge in [0.05, 0.1) is 5.25 Å². The summed E-state index contributed by atoms with van der Waals surface area (Å²) >= 11 is 0. The Labute approximate surface area is 110 Å². The highest BCUT2D eigenvalue weighted by atomic mass is 32.2. The van der Waals surface area contributed by atoms with Crippen LogP contribution in [-0.2, 0) is 14.6 Å². The zero-order valence-electron chi connectivity index (χ0n) is 11.3. The van der Waals surface area contributed by atoms with Gasteiger partial charge < -0.3 is 10.8 Å². The molecule has 0 aliphatic rings. The molecule has 0 aromatic rings. The van der Waals surface area contributed by atoms with E-state index in [9.17, 15) is 13.2 Å². The van der Waals surface area contributed by atoms with Crippen molar-refractivity contribution in [2.45, 2.75) is 62.9 Å². The number of nitrogens with two attached hydrogens (primary N) is 1. The third-order valence-electron chi connectivity index (χ3n) is 3.12. The van der Waals surface area contributed by atoms with Crippen LogP contribution in [0.3, 0.4) is 0 Å². The van der Waals surface area contributed by atoms with E-state index >= 15 is 0 Å². The number of hydrogen-bond donors (Lipinski definition) is 2. The molecule has 3 N–H and O–H groups in total. The molecule has 6 heteroatoms. The van der Waals surface area contributed by atoms with E-state index in [1.807, 2.05) is 6.92 Å². The van der Waals surface area contributed by atoms with Crippen LogP contribution in [0, 0.1) is 0 Å². The fourth-order valence-electron chi connectivity index (χ4n) is 1.84. The van der Waals surface area contributed by atoms with Gasteiger partial charge in [-0.15, -0.1) is 0 Å². The molecule has 0 saturated heterocycles. The van der Waals surface area contributed by atoms with Crippen LogP contribution >= 0.6 is 0 Å². The summed E-state index contributed by atoms with van der Waals surface area (Å²) in [5, 5.41) is 7.20. The van der Waals surface area contributed by atoms with E-state index in [1.165, 1.54) is 0 Å². The van der Waals surface area contributed by atoms with Crippen molar-refractivity contribution in [2.24, 2.45) is 5.73 Å². The molecular weight excluding hydrogens is 254 g/mol. The zero-order chi connectivity index (χ0) is 14.2. The molecule has 0 radical (unpaired) electrons. The van der Waals surface area contributed by atoms with Crippen molar-refractivity contribution >= 4 is 15.8 Å². The molecule has 5 nitrogen and oxygen atoms in total. The molecule has 0 heterocycles. The Kier molecular flexibility index (Phi) is 8.18. The maximum Gasteiger partial charge on any atom is 0.321 e. The predicted molar refractivity (Wildman–Crippen MR) is 72.2 cm³/mol. The molecule has 2 unspecified atom stereocenters. The third kappa shape index (κ3) is 5.35.